The van der Waals surface area contributed by atoms with Gasteiger partial charge in [0.2, 0.25) is 0 Å². The van der Waals surface area contributed by atoms with Crippen LogP contribution in [0, 0.1) is 0 Å². The molecule has 0 atom stereocenters. The molecule has 2 aromatic carbocycles. The first kappa shape index (κ1) is 21.0. The van der Waals surface area contributed by atoms with Gasteiger partial charge in [-0.05, 0) is 35.9 Å². The van der Waals surface area contributed by atoms with Crippen molar-refractivity contribution < 1.29 is 14.3 Å². The predicted molar refractivity (Wildman–Crippen MR) is 120 cm³/mol. The molecule has 2 aromatic heterocycles. The molecule has 0 aliphatic heterocycles. The van der Waals surface area contributed by atoms with Gasteiger partial charge in [-0.25, -0.2) is 9.97 Å². The summed E-state index contributed by atoms with van der Waals surface area (Å²) in [7, 11) is 3.15. The fourth-order valence-corrected chi connectivity index (χ4v) is 3.42. The summed E-state index contributed by atoms with van der Waals surface area (Å²) >= 11 is 0. The fourth-order valence-electron chi connectivity index (χ4n) is 3.42. The van der Waals surface area contributed by atoms with E-state index in [1.807, 2.05) is 48.5 Å². The molecule has 0 spiro atoms. The molecule has 8 heteroatoms. The van der Waals surface area contributed by atoms with Gasteiger partial charge in [0.15, 0.2) is 11.3 Å². The summed E-state index contributed by atoms with van der Waals surface area (Å²) < 4.78 is 12.1. The number of aromatic nitrogens is 3. The molecule has 0 radical (unpaired) electrons. The molecule has 0 saturated heterocycles. The van der Waals surface area contributed by atoms with Crippen LogP contribution in [0.25, 0.3) is 11.2 Å². The lowest BCUT2D eigenvalue weighted by atomic mass is 10.2. The average molecular weight is 430 g/mol. The molecule has 0 aliphatic rings. The van der Waals surface area contributed by atoms with E-state index in [1.54, 1.807) is 32.5 Å². The molecule has 32 heavy (non-hydrogen) atoms. The first-order valence-electron chi connectivity index (χ1n) is 9.99. The van der Waals surface area contributed by atoms with Crippen molar-refractivity contribution in [2.24, 2.45) is 0 Å². The van der Waals surface area contributed by atoms with Gasteiger partial charge in [-0.2, -0.15) is 0 Å². The van der Waals surface area contributed by atoms with Gasteiger partial charge in [0, 0.05) is 18.3 Å². The summed E-state index contributed by atoms with van der Waals surface area (Å²) in [6, 6.07) is 18.2. The van der Waals surface area contributed by atoms with Crippen LogP contribution >= 0.6 is 0 Å². The Morgan fingerprint density at radius 3 is 2.69 bits per heavy atom. The number of pyridine rings is 1. The Balaban J connectivity index is 1.70. The number of methoxy groups -OCH3 is 2. The van der Waals surface area contributed by atoms with E-state index in [0.29, 0.717) is 22.7 Å². The van der Waals surface area contributed by atoms with E-state index in [-0.39, 0.29) is 18.8 Å². The predicted octanol–water partition coefficient (Wildman–Crippen LogP) is 2.79. The van der Waals surface area contributed by atoms with Gasteiger partial charge in [0.05, 0.1) is 20.8 Å². The zero-order valence-electron chi connectivity index (χ0n) is 17.7. The normalized spacial score (nSPS) is 10.7. The highest BCUT2D eigenvalue weighted by Crippen LogP contribution is 2.19. The first-order chi connectivity index (χ1) is 15.6. The Bertz CT molecular complexity index is 1330. The Morgan fingerprint density at radius 2 is 1.88 bits per heavy atom. The van der Waals surface area contributed by atoms with Crippen molar-refractivity contribution in [1.29, 1.82) is 0 Å². The molecule has 2 heterocycles. The minimum absolute atomic E-state index is 0.190. The molecule has 4 rings (SSSR count). The van der Waals surface area contributed by atoms with Crippen LogP contribution in [0.3, 0.4) is 0 Å². The van der Waals surface area contributed by atoms with E-state index in [2.05, 4.69) is 15.3 Å². The van der Waals surface area contributed by atoms with Crippen molar-refractivity contribution in [3.8, 4) is 11.5 Å². The number of benzene rings is 2. The molecule has 4 aromatic rings. The maximum atomic E-state index is 13.3. The Morgan fingerprint density at radius 1 is 1.03 bits per heavy atom. The molecule has 1 N–H and O–H groups in total. The summed E-state index contributed by atoms with van der Waals surface area (Å²) in [5.41, 5.74) is 1.77. The van der Waals surface area contributed by atoms with Gasteiger partial charge in [0.25, 0.3) is 11.5 Å². The van der Waals surface area contributed by atoms with Crippen LogP contribution in [0.2, 0.25) is 0 Å². The molecule has 0 saturated carbocycles. The van der Waals surface area contributed by atoms with Crippen LogP contribution in [0.1, 0.15) is 21.6 Å². The van der Waals surface area contributed by atoms with E-state index >= 15 is 0 Å². The highest BCUT2D eigenvalue weighted by molar-refractivity contribution is 5.93. The fraction of sp³-hybridized carbons (Fsp3) is 0.167. The van der Waals surface area contributed by atoms with E-state index < -0.39 is 11.5 Å². The summed E-state index contributed by atoms with van der Waals surface area (Å²) in [5.74, 6) is 0.771. The quantitative estimate of drug-likeness (QED) is 0.484. The topological polar surface area (TPSA) is 95.3 Å². The number of amides is 1. The Labute approximate surface area is 184 Å². The Kier molecular flexibility index (Phi) is 6.12. The van der Waals surface area contributed by atoms with Crippen molar-refractivity contribution in [2.45, 2.75) is 13.1 Å². The molecule has 0 fully saturated rings. The minimum atomic E-state index is -0.558. The SMILES string of the molecule is COc1cccc(CNC(=O)c2nc3cccnc3n(Cc3ccccc3OC)c2=O)c1. The van der Waals surface area contributed by atoms with Crippen molar-refractivity contribution in [2.75, 3.05) is 14.2 Å². The third-order valence-electron chi connectivity index (χ3n) is 5.03. The summed E-state index contributed by atoms with van der Waals surface area (Å²) in [5, 5.41) is 2.77. The molecular formula is C24H22N4O4. The van der Waals surface area contributed by atoms with Crippen molar-refractivity contribution in [1.82, 2.24) is 19.9 Å². The number of fused-ring (bicyclic) bond motifs is 1. The second-order valence-electron chi connectivity index (χ2n) is 7.04. The number of nitrogens with zero attached hydrogens (tertiary/aromatic N) is 3. The maximum absolute atomic E-state index is 13.3. The maximum Gasteiger partial charge on any atom is 0.284 e. The van der Waals surface area contributed by atoms with Crippen LogP contribution in [-0.2, 0) is 13.1 Å². The third-order valence-corrected chi connectivity index (χ3v) is 5.03. The number of carbonyl (C=O) groups excluding carboxylic acids is 1. The highest BCUT2D eigenvalue weighted by Gasteiger charge is 2.19. The van der Waals surface area contributed by atoms with Crippen LogP contribution in [0.5, 0.6) is 11.5 Å². The number of para-hydroxylation sites is 1. The van der Waals surface area contributed by atoms with Gasteiger partial charge in [-0.1, -0.05) is 30.3 Å². The minimum Gasteiger partial charge on any atom is -0.497 e. The highest BCUT2D eigenvalue weighted by atomic mass is 16.5. The molecule has 0 unspecified atom stereocenters. The van der Waals surface area contributed by atoms with E-state index in [9.17, 15) is 9.59 Å². The van der Waals surface area contributed by atoms with Crippen LogP contribution < -0.4 is 20.3 Å². The van der Waals surface area contributed by atoms with Crippen LogP contribution in [0.15, 0.2) is 71.7 Å². The lowest BCUT2D eigenvalue weighted by Crippen LogP contribution is -2.35. The number of ether oxygens (including phenoxy) is 2. The van der Waals surface area contributed by atoms with Crippen LogP contribution in [-0.4, -0.2) is 34.7 Å². The average Bonchev–Trinajstić information content (AvgIpc) is 2.84. The third kappa shape index (κ3) is 4.29. The standard InChI is InChI=1S/C24H22N4O4/c1-31-18-9-5-7-16(13-18)14-26-23(29)21-24(30)28(22-19(27-21)10-6-12-25-22)15-17-8-3-4-11-20(17)32-2/h3-13H,14-15H2,1-2H3,(H,26,29). The largest absolute Gasteiger partial charge is 0.497 e. The molecule has 162 valence electrons. The summed E-state index contributed by atoms with van der Waals surface area (Å²) in [4.78, 5) is 34.8. The number of carbonyl (C=O) groups is 1. The molecule has 0 aliphatic carbocycles. The zero-order chi connectivity index (χ0) is 22.5. The first-order valence-corrected chi connectivity index (χ1v) is 9.99. The lowest BCUT2D eigenvalue weighted by Gasteiger charge is -2.13. The van der Waals surface area contributed by atoms with E-state index in [4.69, 9.17) is 9.47 Å². The molecule has 0 bridgehead atoms. The van der Waals surface area contributed by atoms with Gasteiger partial charge in [0.1, 0.15) is 17.0 Å². The second kappa shape index (κ2) is 9.30. The van der Waals surface area contributed by atoms with Crippen molar-refractivity contribution in [3.05, 3.63) is 94.0 Å². The zero-order valence-corrected chi connectivity index (χ0v) is 17.7. The lowest BCUT2D eigenvalue weighted by molar-refractivity contribution is 0.0944. The smallest absolute Gasteiger partial charge is 0.284 e. The van der Waals surface area contributed by atoms with Crippen molar-refractivity contribution in [3.63, 3.8) is 0 Å². The van der Waals surface area contributed by atoms with Gasteiger partial charge < -0.3 is 14.8 Å². The van der Waals surface area contributed by atoms with Crippen LogP contribution in [0.4, 0.5) is 0 Å². The summed E-state index contributed by atoms with van der Waals surface area (Å²) in [6.07, 6.45) is 1.59. The van der Waals surface area contributed by atoms with Crippen molar-refractivity contribution >= 4 is 17.1 Å². The number of hydrogen-bond acceptors (Lipinski definition) is 6. The van der Waals surface area contributed by atoms with Gasteiger partial charge in [-0.3, -0.25) is 14.2 Å². The molecule has 8 nitrogen and oxygen atoms in total. The van der Waals surface area contributed by atoms with E-state index in [1.165, 1.54) is 4.57 Å². The molecular weight excluding hydrogens is 408 g/mol. The second-order valence-corrected chi connectivity index (χ2v) is 7.04. The number of rotatable bonds is 7. The molecule has 1 amide bonds. The number of hydrogen-bond donors (Lipinski definition) is 1. The van der Waals surface area contributed by atoms with Gasteiger partial charge in [-0.15, -0.1) is 0 Å². The van der Waals surface area contributed by atoms with E-state index in [0.717, 1.165) is 11.1 Å². The summed E-state index contributed by atoms with van der Waals surface area (Å²) in [6.45, 7) is 0.420. The monoisotopic (exact) mass is 430 g/mol. The van der Waals surface area contributed by atoms with Gasteiger partial charge >= 0.3 is 0 Å². The Hall–Kier alpha value is -4.20. The number of nitrogens with one attached hydrogen (secondary N) is 1.